The monoisotopic (exact) mass is 212 g/mol. The first-order chi connectivity index (χ1) is 7.16. The summed E-state index contributed by atoms with van der Waals surface area (Å²) < 4.78 is 4.98. The molecule has 0 atom stereocenters. The van der Waals surface area contributed by atoms with Crippen LogP contribution in [0.1, 0.15) is 27.2 Å². The van der Waals surface area contributed by atoms with Gasteiger partial charge in [0.05, 0.1) is 19.4 Å². The number of rotatable bonds is 9. The van der Waals surface area contributed by atoms with E-state index in [1.165, 1.54) is 12.0 Å². The molecule has 0 aromatic heterocycles. The van der Waals surface area contributed by atoms with Gasteiger partial charge in [-0.2, -0.15) is 0 Å². The normalized spacial score (nSPS) is 11.9. The van der Waals surface area contributed by atoms with Crippen LogP contribution >= 0.6 is 0 Å². The summed E-state index contributed by atoms with van der Waals surface area (Å²) in [7, 11) is 0. The molecule has 3 nitrogen and oxygen atoms in total. The topological polar surface area (TPSA) is 33.6 Å². The van der Waals surface area contributed by atoms with Crippen LogP contribution < -0.4 is 5.32 Å². The first kappa shape index (κ1) is 14.2. The van der Waals surface area contributed by atoms with Crippen molar-refractivity contribution in [2.45, 2.75) is 27.2 Å². The number of hydrogen-bond acceptors (Lipinski definition) is 3. The summed E-state index contributed by atoms with van der Waals surface area (Å²) in [5.41, 5.74) is 1.24. The molecule has 0 saturated heterocycles. The standard InChI is InChI=1S/C12H24N2O/c1-5-15-9-8-13-6-7-14-12(4)10-11(2)3/h5,11,13H,1,6-10H2,2-4H3. The molecule has 0 saturated carbocycles. The van der Waals surface area contributed by atoms with Gasteiger partial charge in [-0.25, -0.2) is 0 Å². The number of nitrogens with one attached hydrogen (secondary N) is 1. The molecule has 15 heavy (non-hydrogen) atoms. The van der Waals surface area contributed by atoms with Crippen molar-refractivity contribution >= 4 is 5.71 Å². The molecule has 0 bridgehead atoms. The fourth-order valence-electron chi connectivity index (χ4n) is 1.32. The molecule has 0 fully saturated rings. The molecule has 0 aromatic carbocycles. The van der Waals surface area contributed by atoms with Crippen molar-refractivity contribution in [3.05, 3.63) is 12.8 Å². The van der Waals surface area contributed by atoms with Gasteiger partial charge < -0.3 is 10.1 Å². The summed E-state index contributed by atoms with van der Waals surface area (Å²) in [4.78, 5) is 4.48. The van der Waals surface area contributed by atoms with Crippen LogP contribution in [0.4, 0.5) is 0 Å². The van der Waals surface area contributed by atoms with Crippen molar-refractivity contribution in [3.63, 3.8) is 0 Å². The van der Waals surface area contributed by atoms with Gasteiger partial charge >= 0.3 is 0 Å². The van der Waals surface area contributed by atoms with E-state index in [-0.39, 0.29) is 0 Å². The summed E-state index contributed by atoms with van der Waals surface area (Å²) in [5.74, 6) is 0.697. The zero-order valence-corrected chi connectivity index (χ0v) is 10.3. The molecule has 0 rings (SSSR count). The number of nitrogens with zero attached hydrogens (tertiary/aromatic N) is 1. The average molecular weight is 212 g/mol. The van der Waals surface area contributed by atoms with E-state index in [9.17, 15) is 0 Å². The molecule has 0 aliphatic rings. The van der Waals surface area contributed by atoms with E-state index in [4.69, 9.17) is 4.74 Å². The zero-order valence-electron chi connectivity index (χ0n) is 10.3. The molecular weight excluding hydrogens is 188 g/mol. The Bertz CT molecular complexity index is 188. The maximum absolute atomic E-state index is 4.98. The molecule has 0 radical (unpaired) electrons. The van der Waals surface area contributed by atoms with Crippen LogP contribution in [0, 0.1) is 5.92 Å². The first-order valence-electron chi connectivity index (χ1n) is 5.60. The van der Waals surface area contributed by atoms with Gasteiger partial charge in [0.1, 0.15) is 0 Å². The molecule has 0 spiro atoms. The van der Waals surface area contributed by atoms with Crippen LogP contribution in [-0.4, -0.2) is 32.0 Å². The summed E-state index contributed by atoms with van der Waals surface area (Å²) in [5, 5.41) is 3.25. The SMILES string of the molecule is C=COCCNCCN=C(C)CC(C)C. The van der Waals surface area contributed by atoms with Gasteiger partial charge in [-0.05, 0) is 19.3 Å². The molecule has 88 valence electrons. The second-order valence-corrected chi connectivity index (χ2v) is 4.00. The van der Waals surface area contributed by atoms with Gasteiger partial charge in [0.25, 0.3) is 0 Å². The minimum absolute atomic E-state index is 0.679. The highest BCUT2D eigenvalue weighted by Gasteiger charge is 1.95. The van der Waals surface area contributed by atoms with Gasteiger partial charge in [-0.1, -0.05) is 20.4 Å². The quantitative estimate of drug-likeness (QED) is 0.361. The Balaban J connectivity index is 3.32. The van der Waals surface area contributed by atoms with Gasteiger partial charge in [0, 0.05) is 18.8 Å². The molecule has 0 aliphatic heterocycles. The van der Waals surface area contributed by atoms with E-state index in [1.54, 1.807) is 0 Å². The van der Waals surface area contributed by atoms with E-state index in [2.05, 4.69) is 37.7 Å². The van der Waals surface area contributed by atoms with E-state index in [0.29, 0.717) is 12.5 Å². The average Bonchev–Trinajstić information content (AvgIpc) is 2.15. The molecule has 0 aromatic rings. The molecule has 0 heterocycles. The summed E-state index contributed by atoms with van der Waals surface area (Å²) in [6.07, 6.45) is 2.56. The summed E-state index contributed by atoms with van der Waals surface area (Å²) >= 11 is 0. The molecule has 0 unspecified atom stereocenters. The van der Waals surface area contributed by atoms with E-state index >= 15 is 0 Å². The second kappa shape index (κ2) is 9.71. The third-order valence-electron chi connectivity index (χ3n) is 1.89. The predicted molar refractivity (Wildman–Crippen MR) is 66.4 cm³/mol. The summed E-state index contributed by atoms with van der Waals surface area (Å²) in [6.45, 7) is 13.3. The van der Waals surface area contributed by atoms with Crippen LogP contribution in [-0.2, 0) is 4.74 Å². The van der Waals surface area contributed by atoms with Crippen molar-refractivity contribution in [2.75, 3.05) is 26.2 Å². The highest BCUT2D eigenvalue weighted by atomic mass is 16.5. The molecular formula is C12H24N2O. The van der Waals surface area contributed by atoms with Gasteiger partial charge in [-0.3, -0.25) is 4.99 Å². The van der Waals surface area contributed by atoms with E-state index < -0.39 is 0 Å². The minimum Gasteiger partial charge on any atom is -0.500 e. The van der Waals surface area contributed by atoms with Crippen molar-refractivity contribution in [1.29, 1.82) is 0 Å². The van der Waals surface area contributed by atoms with Crippen LogP contribution in [0.5, 0.6) is 0 Å². The fourth-order valence-corrected chi connectivity index (χ4v) is 1.32. The predicted octanol–water partition coefficient (Wildman–Crippen LogP) is 2.24. The third-order valence-corrected chi connectivity index (χ3v) is 1.89. The Morgan fingerprint density at radius 1 is 1.47 bits per heavy atom. The smallest absolute Gasteiger partial charge is 0.0997 e. The maximum atomic E-state index is 4.98. The minimum atomic E-state index is 0.679. The summed E-state index contributed by atoms with van der Waals surface area (Å²) in [6, 6.07) is 0. The Morgan fingerprint density at radius 3 is 2.80 bits per heavy atom. The van der Waals surface area contributed by atoms with Crippen LogP contribution in [0.25, 0.3) is 0 Å². The number of aliphatic imine (C=N–C) groups is 1. The molecule has 1 N–H and O–H groups in total. The lowest BCUT2D eigenvalue weighted by Gasteiger charge is -2.05. The Labute approximate surface area is 93.6 Å². The zero-order chi connectivity index (χ0) is 11.5. The lowest BCUT2D eigenvalue weighted by Crippen LogP contribution is -2.22. The van der Waals surface area contributed by atoms with Crippen LogP contribution in [0.3, 0.4) is 0 Å². The van der Waals surface area contributed by atoms with Gasteiger partial charge in [0.2, 0.25) is 0 Å². The molecule has 0 amide bonds. The van der Waals surface area contributed by atoms with Crippen molar-refractivity contribution in [1.82, 2.24) is 5.32 Å². The number of hydrogen-bond donors (Lipinski definition) is 1. The highest BCUT2D eigenvalue weighted by Crippen LogP contribution is 2.00. The van der Waals surface area contributed by atoms with Crippen LogP contribution in [0.15, 0.2) is 17.8 Å². The Hall–Kier alpha value is -0.830. The lowest BCUT2D eigenvalue weighted by molar-refractivity contribution is 0.251. The van der Waals surface area contributed by atoms with Crippen molar-refractivity contribution in [2.24, 2.45) is 10.9 Å². The first-order valence-corrected chi connectivity index (χ1v) is 5.60. The lowest BCUT2D eigenvalue weighted by atomic mass is 10.1. The highest BCUT2D eigenvalue weighted by molar-refractivity contribution is 5.82. The maximum Gasteiger partial charge on any atom is 0.0997 e. The van der Waals surface area contributed by atoms with Crippen molar-refractivity contribution in [3.8, 4) is 0 Å². The van der Waals surface area contributed by atoms with E-state index in [0.717, 1.165) is 26.1 Å². The Morgan fingerprint density at radius 2 is 2.20 bits per heavy atom. The van der Waals surface area contributed by atoms with E-state index in [1.807, 2.05) is 0 Å². The van der Waals surface area contributed by atoms with Crippen molar-refractivity contribution < 1.29 is 4.74 Å². The second-order valence-electron chi connectivity index (χ2n) is 4.00. The third kappa shape index (κ3) is 11.1. The van der Waals surface area contributed by atoms with Gasteiger partial charge in [0.15, 0.2) is 0 Å². The largest absolute Gasteiger partial charge is 0.500 e. The number of ether oxygens (including phenoxy) is 1. The molecule has 0 aliphatic carbocycles. The molecule has 3 heteroatoms. The van der Waals surface area contributed by atoms with Crippen LogP contribution in [0.2, 0.25) is 0 Å². The fraction of sp³-hybridized carbons (Fsp3) is 0.750. The van der Waals surface area contributed by atoms with Gasteiger partial charge in [-0.15, -0.1) is 0 Å². The Kier molecular flexibility index (Phi) is 9.18.